The van der Waals surface area contributed by atoms with Crippen molar-refractivity contribution in [1.82, 2.24) is 24.8 Å². The number of nitrogens with one attached hydrogen (secondary N) is 2. The number of aromatic nitrogens is 4. The molecule has 3 aliphatic rings. The van der Waals surface area contributed by atoms with Crippen LogP contribution in [0.2, 0.25) is 5.28 Å². The van der Waals surface area contributed by atoms with E-state index in [1.54, 1.807) is 10.9 Å². The molecular weight excluding hydrogens is 392 g/mol. The average Bonchev–Trinajstić information content (AvgIpc) is 3.54. The second kappa shape index (κ2) is 6.47. The van der Waals surface area contributed by atoms with Gasteiger partial charge in [-0.2, -0.15) is 9.97 Å². The fourth-order valence-corrected chi connectivity index (χ4v) is 4.80. The maximum atomic E-state index is 12.4. The van der Waals surface area contributed by atoms with E-state index in [9.17, 15) is 15.0 Å². The molecule has 2 aromatic rings. The summed E-state index contributed by atoms with van der Waals surface area (Å²) in [6, 6.07) is 0.561. The molecule has 0 spiro atoms. The van der Waals surface area contributed by atoms with Gasteiger partial charge in [0.2, 0.25) is 11.2 Å². The largest absolute Gasteiger partial charge is 0.389 e. The standard InChI is InChI=1S/C16H19ClN6O3S/c17-16-21-12(19-6-1-2-6)8-13(22-16)23(5-18-8)15-10(25)9(24)11(27-15)14(26)20-7-3-4-7/h5-7,9-11,15,24-25H,1-4H2,(H,20,26)(H,19,21,22)/t9-,10+,11-,15+/m0/s1. The van der Waals surface area contributed by atoms with Gasteiger partial charge in [-0.15, -0.1) is 11.8 Å². The van der Waals surface area contributed by atoms with Crippen LogP contribution in [-0.2, 0) is 4.79 Å². The highest BCUT2D eigenvalue weighted by Crippen LogP contribution is 2.44. The Hall–Kier alpha value is -1.62. The number of hydrogen-bond acceptors (Lipinski definition) is 8. The first-order valence-electron chi connectivity index (χ1n) is 9.00. The summed E-state index contributed by atoms with van der Waals surface area (Å²) in [5, 5.41) is 25.9. The summed E-state index contributed by atoms with van der Waals surface area (Å²) in [5.74, 6) is 0.317. The van der Waals surface area contributed by atoms with E-state index in [0.29, 0.717) is 23.0 Å². The van der Waals surface area contributed by atoms with Crippen molar-refractivity contribution in [2.75, 3.05) is 5.32 Å². The van der Waals surface area contributed by atoms with Crippen molar-refractivity contribution < 1.29 is 15.0 Å². The summed E-state index contributed by atoms with van der Waals surface area (Å²) in [4.78, 5) is 25.3. The smallest absolute Gasteiger partial charge is 0.236 e. The third kappa shape index (κ3) is 3.24. The molecule has 0 aromatic carbocycles. The zero-order chi connectivity index (χ0) is 18.7. The molecule has 0 bridgehead atoms. The van der Waals surface area contributed by atoms with E-state index in [1.165, 1.54) is 11.8 Å². The summed E-state index contributed by atoms with van der Waals surface area (Å²) in [7, 11) is 0. The molecule has 2 saturated carbocycles. The molecule has 5 rings (SSSR count). The normalized spacial score (nSPS) is 30.6. The van der Waals surface area contributed by atoms with E-state index in [1.807, 2.05) is 0 Å². The van der Waals surface area contributed by atoms with E-state index in [4.69, 9.17) is 11.6 Å². The van der Waals surface area contributed by atoms with Gasteiger partial charge in [0, 0.05) is 12.1 Å². The van der Waals surface area contributed by atoms with Gasteiger partial charge in [-0.3, -0.25) is 9.36 Å². The SMILES string of the molecule is O=C(NC1CC1)[C@H]1S[C@@H](n2cnc3c(NC4CC4)nc(Cl)nc32)[C@H](O)[C@@H]1O. The lowest BCUT2D eigenvalue weighted by Gasteiger charge is -2.17. The summed E-state index contributed by atoms with van der Waals surface area (Å²) >= 11 is 7.29. The molecular formula is C16H19ClN6O3S. The van der Waals surface area contributed by atoms with E-state index in [2.05, 4.69) is 25.6 Å². The van der Waals surface area contributed by atoms with Gasteiger partial charge in [-0.05, 0) is 37.3 Å². The first-order chi connectivity index (χ1) is 13.0. The molecule has 2 aromatic heterocycles. The highest BCUT2D eigenvalue weighted by Gasteiger charge is 2.48. The van der Waals surface area contributed by atoms with E-state index < -0.39 is 22.8 Å². The number of carbonyl (C=O) groups excluding carboxylic acids is 1. The van der Waals surface area contributed by atoms with Crippen LogP contribution >= 0.6 is 23.4 Å². The van der Waals surface area contributed by atoms with Crippen LogP contribution in [0.5, 0.6) is 0 Å². The van der Waals surface area contributed by atoms with Gasteiger partial charge < -0.3 is 20.8 Å². The number of rotatable bonds is 5. The van der Waals surface area contributed by atoms with Crippen molar-refractivity contribution in [3.63, 3.8) is 0 Å². The molecule has 3 fully saturated rings. The minimum absolute atomic E-state index is 0.0773. The third-order valence-electron chi connectivity index (χ3n) is 5.01. The minimum atomic E-state index is -1.17. The number of carbonyl (C=O) groups is 1. The Morgan fingerprint density at radius 3 is 2.63 bits per heavy atom. The molecule has 0 radical (unpaired) electrons. The third-order valence-corrected chi connectivity index (χ3v) is 6.75. The van der Waals surface area contributed by atoms with E-state index in [-0.39, 0.29) is 17.2 Å². The van der Waals surface area contributed by atoms with Gasteiger partial charge in [-0.25, -0.2) is 4.98 Å². The van der Waals surface area contributed by atoms with E-state index in [0.717, 1.165) is 25.7 Å². The summed E-state index contributed by atoms with van der Waals surface area (Å²) in [6.07, 6.45) is 3.32. The number of halogens is 1. The monoisotopic (exact) mass is 410 g/mol. The van der Waals surface area contributed by atoms with Gasteiger partial charge in [0.15, 0.2) is 17.0 Å². The van der Waals surface area contributed by atoms with Crippen LogP contribution < -0.4 is 10.6 Å². The molecule has 3 heterocycles. The average molecular weight is 411 g/mol. The maximum absolute atomic E-state index is 12.4. The Kier molecular flexibility index (Phi) is 4.19. The number of imidazole rings is 1. The number of fused-ring (bicyclic) bond motifs is 1. The highest BCUT2D eigenvalue weighted by atomic mass is 35.5. The number of thioether (sulfide) groups is 1. The first-order valence-corrected chi connectivity index (χ1v) is 10.3. The number of anilines is 1. The van der Waals surface area contributed by atoms with Crippen LogP contribution in [0.4, 0.5) is 5.82 Å². The van der Waals surface area contributed by atoms with Gasteiger partial charge >= 0.3 is 0 Å². The second-order valence-electron chi connectivity index (χ2n) is 7.30. The van der Waals surface area contributed by atoms with Gasteiger partial charge in [0.25, 0.3) is 0 Å². The Morgan fingerprint density at radius 2 is 1.93 bits per heavy atom. The summed E-state index contributed by atoms with van der Waals surface area (Å²) in [6.45, 7) is 0. The minimum Gasteiger partial charge on any atom is -0.389 e. The van der Waals surface area contributed by atoms with Crippen molar-refractivity contribution in [3.8, 4) is 0 Å². The fraction of sp³-hybridized carbons (Fsp3) is 0.625. The molecule has 11 heteroatoms. The lowest BCUT2D eigenvalue weighted by Crippen LogP contribution is -2.42. The Morgan fingerprint density at radius 1 is 1.19 bits per heavy atom. The van der Waals surface area contributed by atoms with Crippen molar-refractivity contribution in [3.05, 3.63) is 11.6 Å². The van der Waals surface area contributed by atoms with Gasteiger partial charge in [-0.1, -0.05) is 0 Å². The van der Waals surface area contributed by atoms with Gasteiger partial charge in [0.05, 0.1) is 6.33 Å². The number of hydrogen-bond donors (Lipinski definition) is 4. The number of aliphatic hydroxyl groups excluding tert-OH is 2. The molecule has 2 aliphatic carbocycles. The summed E-state index contributed by atoms with van der Waals surface area (Å²) < 4.78 is 1.66. The molecule has 1 amide bonds. The molecule has 27 heavy (non-hydrogen) atoms. The number of aliphatic hydroxyl groups is 2. The Bertz CT molecular complexity index is 902. The maximum Gasteiger partial charge on any atom is 0.236 e. The zero-order valence-electron chi connectivity index (χ0n) is 14.2. The zero-order valence-corrected chi connectivity index (χ0v) is 15.8. The number of amides is 1. The van der Waals surface area contributed by atoms with Crippen molar-refractivity contribution >= 4 is 46.3 Å². The molecule has 1 saturated heterocycles. The molecule has 9 nitrogen and oxygen atoms in total. The van der Waals surface area contributed by atoms with Crippen molar-refractivity contribution in [1.29, 1.82) is 0 Å². The molecule has 0 unspecified atom stereocenters. The van der Waals surface area contributed by atoms with Gasteiger partial charge in [0.1, 0.15) is 22.8 Å². The topological polar surface area (TPSA) is 125 Å². The van der Waals surface area contributed by atoms with Crippen LogP contribution in [0, 0.1) is 0 Å². The second-order valence-corrected chi connectivity index (χ2v) is 8.90. The highest BCUT2D eigenvalue weighted by molar-refractivity contribution is 8.01. The molecule has 144 valence electrons. The van der Waals surface area contributed by atoms with Crippen molar-refractivity contribution in [2.24, 2.45) is 0 Å². The van der Waals surface area contributed by atoms with Crippen LogP contribution in [0.1, 0.15) is 31.1 Å². The first kappa shape index (κ1) is 17.5. The number of nitrogens with zero attached hydrogens (tertiary/aromatic N) is 4. The quantitative estimate of drug-likeness (QED) is 0.530. The molecule has 1 aliphatic heterocycles. The lowest BCUT2D eigenvalue weighted by atomic mass is 10.1. The van der Waals surface area contributed by atoms with Crippen molar-refractivity contribution in [2.45, 2.75) is 60.6 Å². The molecule has 4 atom stereocenters. The Labute approximate surface area is 163 Å². The summed E-state index contributed by atoms with van der Waals surface area (Å²) in [5.41, 5.74) is 1.02. The predicted molar refractivity (Wildman–Crippen MR) is 101 cm³/mol. The van der Waals surface area contributed by atoms with Crippen LogP contribution in [0.15, 0.2) is 6.33 Å². The Balaban J connectivity index is 1.45. The fourth-order valence-electron chi connectivity index (χ4n) is 3.21. The lowest BCUT2D eigenvalue weighted by molar-refractivity contribution is -0.123. The van der Waals surface area contributed by atoms with E-state index >= 15 is 0 Å². The molecule has 4 N–H and O–H groups in total. The predicted octanol–water partition coefficient (Wildman–Crippen LogP) is 0.668. The van der Waals surface area contributed by atoms with Crippen LogP contribution in [0.3, 0.4) is 0 Å². The van der Waals surface area contributed by atoms with Crippen LogP contribution in [0.25, 0.3) is 11.2 Å². The van der Waals surface area contributed by atoms with Crippen LogP contribution in [-0.4, -0.2) is 65.2 Å².